The zero-order chi connectivity index (χ0) is 13.6. The molecule has 1 aromatic rings. The Labute approximate surface area is 107 Å². The summed E-state index contributed by atoms with van der Waals surface area (Å²) in [6.45, 7) is 6.62. The van der Waals surface area contributed by atoms with E-state index in [-0.39, 0.29) is 0 Å². The van der Waals surface area contributed by atoms with Crippen LogP contribution in [0, 0.1) is 11.3 Å². The minimum Gasteiger partial charge on any atom is -0.444 e. The van der Waals surface area contributed by atoms with Gasteiger partial charge in [0, 0.05) is 19.3 Å². The zero-order valence-electron chi connectivity index (χ0n) is 10.9. The first-order chi connectivity index (χ1) is 8.40. The van der Waals surface area contributed by atoms with Crippen LogP contribution < -0.4 is 5.32 Å². The van der Waals surface area contributed by atoms with Crippen molar-refractivity contribution in [3.63, 3.8) is 0 Å². The van der Waals surface area contributed by atoms with Crippen LogP contribution in [-0.4, -0.2) is 28.0 Å². The Bertz CT molecular complexity index is 440. The van der Waals surface area contributed by atoms with Crippen molar-refractivity contribution < 1.29 is 9.53 Å². The van der Waals surface area contributed by atoms with E-state index in [1.54, 1.807) is 10.9 Å². The van der Waals surface area contributed by atoms with Crippen molar-refractivity contribution in [2.75, 3.05) is 6.54 Å². The number of aryl methyl sites for hydroxylation is 1. The molecule has 0 saturated heterocycles. The molecule has 1 rings (SSSR count). The molecule has 0 atom stereocenters. The van der Waals surface area contributed by atoms with Crippen molar-refractivity contribution in [1.29, 1.82) is 5.26 Å². The van der Waals surface area contributed by atoms with Gasteiger partial charge >= 0.3 is 6.09 Å². The van der Waals surface area contributed by atoms with E-state index in [1.807, 2.05) is 26.8 Å². The maximum atomic E-state index is 11.3. The van der Waals surface area contributed by atoms with Crippen LogP contribution in [0.1, 0.15) is 32.8 Å². The number of ether oxygens (including phenoxy) is 1. The van der Waals surface area contributed by atoms with Crippen molar-refractivity contribution in [2.45, 2.75) is 39.3 Å². The minimum atomic E-state index is -0.478. The van der Waals surface area contributed by atoms with Crippen LogP contribution in [0.5, 0.6) is 0 Å². The minimum absolute atomic E-state index is 0.416. The van der Waals surface area contributed by atoms with Crippen LogP contribution in [0.3, 0.4) is 0 Å². The van der Waals surface area contributed by atoms with E-state index in [2.05, 4.69) is 10.4 Å². The Balaban J connectivity index is 2.19. The van der Waals surface area contributed by atoms with Crippen molar-refractivity contribution in [3.05, 3.63) is 18.0 Å². The molecule has 1 amide bonds. The highest BCUT2D eigenvalue weighted by atomic mass is 16.6. The monoisotopic (exact) mass is 250 g/mol. The van der Waals surface area contributed by atoms with Gasteiger partial charge in [-0.05, 0) is 27.2 Å². The number of aromatic nitrogens is 2. The van der Waals surface area contributed by atoms with Crippen molar-refractivity contribution in [1.82, 2.24) is 15.1 Å². The summed E-state index contributed by atoms with van der Waals surface area (Å²) in [6, 6.07) is 2.01. The lowest BCUT2D eigenvalue weighted by atomic mass is 10.2. The highest BCUT2D eigenvalue weighted by Gasteiger charge is 2.15. The molecule has 0 bridgehead atoms. The molecule has 0 fully saturated rings. The standard InChI is InChI=1S/C12H18N4O2/c1-12(2,3)18-11(17)14-5-4-6-16-9-10(7-13)8-15-16/h8-9H,4-6H2,1-3H3,(H,14,17). The van der Waals surface area contributed by atoms with E-state index < -0.39 is 11.7 Å². The fourth-order valence-corrected chi connectivity index (χ4v) is 1.29. The van der Waals surface area contributed by atoms with Gasteiger partial charge in [-0.15, -0.1) is 0 Å². The summed E-state index contributed by atoms with van der Waals surface area (Å²) in [5.74, 6) is 0. The van der Waals surface area contributed by atoms with Crippen LogP contribution in [0.2, 0.25) is 0 Å². The summed E-state index contributed by atoms with van der Waals surface area (Å²) in [6.07, 6.45) is 3.50. The molecule has 0 saturated carbocycles. The number of alkyl carbamates (subject to hydrolysis) is 1. The molecular weight excluding hydrogens is 232 g/mol. The number of carbonyl (C=O) groups excluding carboxylic acids is 1. The Morgan fingerprint density at radius 3 is 2.89 bits per heavy atom. The Hall–Kier alpha value is -2.03. The van der Waals surface area contributed by atoms with Gasteiger partial charge in [0.25, 0.3) is 0 Å². The van der Waals surface area contributed by atoms with E-state index in [9.17, 15) is 4.79 Å². The van der Waals surface area contributed by atoms with Crippen LogP contribution >= 0.6 is 0 Å². The summed E-state index contributed by atoms with van der Waals surface area (Å²) in [5.41, 5.74) is 0.0587. The Morgan fingerprint density at radius 2 is 2.33 bits per heavy atom. The second-order valence-corrected chi connectivity index (χ2v) is 4.89. The Kier molecular flexibility index (Phi) is 4.72. The summed E-state index contributed by atoms with van der Waals surface area (Å²) < 4.78 is 6.77. The number of rotatable bonds is 4. The van der Waals surface area contributed by atoms with Crippen molar-refractivity contribution in [3.8, 4) is 6.07 Å². The number of hydrogen-bond donors (Lipinski definition) is 1. The number of amides is 1. The topological polar surface area (TPSA) is 79.9 Å². The number of hydrogen-bond acceptors (Lipinski definition) is 4. The normalized spacial score (nSPS) is 10.8. The first kappa shape index (κ1) is 14.0. The predicted octanol–water partition coefficient (Wildman–Crippen LogP) is 1.67. The SMILES string of the molecule is CC(C)(C)OC(=O)NCCCn1cc(C#N)cn1. The summed E-state index contributed by atoms with van der Waals surface area (Å²) in [7, 11) is 0. The lowest BCUT2D eigenvalue weighted by Gasteiger charge is -2.19. The quantitative estimate of drug-likeness (QED) is 0.824. The van der Waals surface area contributed by atoms with Gasteiger partial charge in [-0.25, -0.2) is 4.79 Å². The first-order valence-electron chi connectivity index (χ1n) is 5.80. The van der Waals surface area contributed by atoms with Gasteiger partial charge in [-0.3, -0.25) is 4.68 Å². The number of nitrogens with one attached hydrogen (secondary N) is 1. The average molecular weight is 250 g/mol. The van der Waals surface area contributed by atoms with Crippen LogP contribution in [0.15, 0.2) is 12.4 Å². The Morgan fingerprint density at radius 1 is 1.61 bits per heavy atom. The maximum absolute atomic E-state index is 11.3. The van der Waals surface area contributed by atoms with E-state index >= 15 is 0 Å². The lowest BCUT2D eigenvalue weighted by Crippen LogP contribution is -2.33. The van der Waals surface area contributed by atoms with Gasteiger partial charge in [-0.1, -0.05) is 0 Å². The summed E-state index contributed by atoms with van der Waals surface area (Å²) in [5, 5.41) is 15.3. The highest BCUT2D eigenvalue weighted by molar-refractivity contribution is 5.67. The number of nitrogens with zero attached hydrogens (tertiary/aromatic N) is 3. The molecule has 98 valence electrons. The van der Waals surface area contributed by atoms with Gasteiger partial charge in [0.05, 0.1) is 11.8 Å². The molecule has 0 unspecified atom stereocenters. The molecule has 0 spiro atoms. The molecule has 0 aliphatic rings. The van der Waals surface area contributed by atoms with Crippen LogP contribution in [0.4, 0.5) is 4.79 Å². The molecule has 6 heteroatoms. The second-order valence-electron chi connectivity index (χ2n) is 4.89. The fraction of sp³-hybridized carbons (Fsp3) is 0.583. The van der Waals surface area contributed by atoms with E-state index in [4.69, 9.17) is 10.00 Å². The third-order valence-corrected chi connectivity index (χ3v) is 1.99. The van der Waals surface area contributed by atoms with Gasteiger partial charge in [0.1, 0.15) is 11.7 Å². The summed E-state index contributed by atoms with van der Waals surface area (Å²) in [4.78, 5) is 11.3. The fourth-order valence-electron chi connectivity index (χ4n) is 1.29. The first-order valence-corrected chi connectivity index (χ1v) is 5.80. The van der Waals surface area contributed by atoms with Crippen molar-refractivity contribution >= 4 is 6.09 Å². The van der Waals surface area contributed by atoms with Gasteiger partial charge in [0.15, 0.2) is 0 Å². The third-order valence-electron chi connectivity index (χ3n) is 1.99. The second kappa shape index (κ2) is 6.05. The highest BCUT2D eigenvalue weighted by Crippen LogP contribution is 2.06. The van der Waals surface area contributed by atoms with E-state index in [0.717, 1.165) is 6.42 Å². The number of nitriles is 1. The molecule has 0 radical (unpaired) electrons. The summed E-state index contributed by atoms with van der Waals surface area (Å²) >= 11 is 0. The molecule has 1 aromatic heterocycles. The zero-order valence-corrected chi connectivity index (χ0v) is 10.9. The van der Waals surface area contributed by atoms with E-state index in [1.165, 1.54) is 6.20 Å². The predicted molar refractivity (Wildman–Crippen MR) is 65.8 cm³/mol. The lowest BCUT2D eigenvalue weighted by molar-refractivity contribution is 0.0526. The van der Waals surface area contributed by atoms with Gasteiger partial charge < -0.3 is 10.1 Å². The van der Waals surface area contributed by atoms with Crippen LogP contribution in [0.25, 0.3) is 0 Å². The van der Waals surface area contributed by atoms with Gasteiger partial charge in [-0.2, -0.15) is 10.4 Å². The molecule has 0 aromatic carbocycles. The molecule has 18 heavy (non-hydrogen) atoms. The van der Waals surface area contributed by atoms with E-state index in [0.29, 0.717) is 18.7 Å². The molecule has 0 aliphatic heterocycles. The largest absolute Gasteiger partial charge is 0.444 e. The average Bonchev–Trinajstić information content (AvgIpc) is 2.70. The maximum Gasteiger partial charge on any atom is 0.407 e. The molecule has 0 aliphatic carbocycles. The molecule has 1 N–H and O–H groups in total. The smallest absolute Gasteiger partial charge is 0.407 e. The molecular formula is C12H18N4O2. The third kappa shape index (κ3) is 5.34. The van der Waals surface area contributed by atoms with Gasteiger partial charge in [0.2, 0.25) is 0 Å². The van der Waals surface area contributed by atoms with Crippen LogP contribution in [-0.2, 0) is 11.3 Å². The molecule has 6 nitrogen and oxygen atoms in total. The molecule has 1 heterocycles. The van der Waals surface area contributed by atoms with Crippen molar-refractivity contribution in [2.24, 2.45) is 0 Å². The number of carbonyl (C=O) groups is 1.